The molecule has 0 unspecified atom stereocenters. The Bertz CT molecular complexity index is 586. The van der Waals surface area contributed by atoms with E-state index in [0.29, 0.717) is 17.9 Å². The lowest BCUT2D eigenvalue weighted by Gasteiger charge is -2.10. The molecule has 98 valence electrons. The molecule has 0 aliphatic carbocycles. The Morgan fingerprint density at radius 3 is 2.79 bits per heavy atom. The van der Waals surface area contributed by atoms with Crippen LogP contribution in [0.2, 0.25) is 0 Å². The zero-order chi connectivity index (χ0) is 13.7. The van der Waals surface area contributed by atoms with E-state index in [2.05, 4.69) is 27.6 Å². The van der Waals surface area contributed by atoms with E-state index in [1.165, 1.54) is 0 Å². The summed E-state index contributed by atoms with van der Waals surface area (Å²) in [5.74, 6) is 0.481. The summed E-state index contributed by atoms with van der Waals surface area (Å²) in [7, 11) is 0. The highest BCUT2D eigenvalue weighted by atomic mass is 127. The number of ether oxygens (including phenoxy) is 2. The highest BCUT2D eigenvalue weighted by molar-refractivity contribution is 14.1. The lowest BCUT2D eigenvalue weighted by Crippen LogP contribution is -2.07. The van der Waals surface area contributed by atoms with Crippen molar-refractivity contribution in [1.82, 2.24) is 4.98 Å². The first-order valence-electron chi connectivity index (χ1n) is 5.77. The summed E-state index contributed by atoms with van der Waals surface area (Å²) in [6, 6.07) is 10.8. The zero-order valence-electron chi connectivity index (χ0n) is 10.3. The van der Waals surface area contributed by atoms with Crippen LogP contribution in [0, 0.1) is 3.57 Å². The minimum absolute atomic E-state index is 0.255. The Morgan fingerprint density at radius 1 is 1.26 bits per heavy atom. The van der Waals surface area contributed by atoms with Gasteiger partial charge in [-0.2, -0.15) is 0 Å². The van der Waals surface area contributed by atoms with E-state index in [0.717, 1.165) is 3.57 Å². The molecule has 0 atom stereocenters. The Morgan fingerprint density at radius 2 is 2.05 bits per heavy atom. The summed E-state index contributed by atoms with van der Waals surface area (Å²) < 4.78 is 11.6. The SMILES string of the molecule is CCOC(=O)c1cccnc1Oc1ccccc1I. The van der Waals surface area contributed by atoms with Crippen molar-refractivity contribution < 1.29 is 14.3 Å². The molecule has 0 radical (unpaired) electrons. The molecule has 1 aromatic carbocycles. The van der Waals surface area contributed by atoms with Gasteiger partial charge in [0.2, 0.25) is 5.88 Å². The van der Waals surface area contributed by atoms with Crippen molar-refractivity contribution in [2.75, 3.05) is 6.61 Å². The number of pyridine rings is 1. The van der Waals surface area contributed by atoms with Crippen LogP contribution in [0.4, 0.5) is 0 Å². The lowest BCUT2D eigenvalue weighted by molar-refractivity contribution is 0.0522. The number of para-hydroxylation sites is 1. The number of halogens is 1. The Hall–Kier alpha value is -1.63. The maximum Gasteiger partial charge on any atom is 0.343 e. The number of esters is 1. The first kappa shape index (κ1) is 13.8. The summed E-state index contributed by atoms with van der Waals surface area (Å²) in [5, 5.41) is 0. The molecule has 0 N–H and O–H groups in total. The van der Waals surface area contributed by atoms with E-state index in [9.17, 15) is 4.79 Å². The molecule has 1 aromatic heterocycles. The number of hydrogen-bond donors (Lipinski definition) is 0. The van der Waals surface area contributed by atoms with Gasteiger partial charge in [0, 0.05) is 6.20 Å². The van der Waals surface area contributed by atoms with E-state index in [-0.39, 0.29) is 5.88 Å². The smallest absolute Gasteiger partial charge is 0.343 e. The number of aromatic nitrogens is 1. The predicted molar refractivity (Wildman–Crippen MR) is 79.4 cm³/mol. The van der Waals surface area contributed by atoms with Crippen molar-refractivity contribution in [1.29, 1.82) is 0 Å². The Kier molecular flexibility index (Phi) is 4.73. The van der Waals surface area contributed by atoms with Crippen LogP contribution in [-0.2, 0) is 4.74 Å². The number of carbonyl (C=O) groups excluding carboxylic acids is 1. The first-order valence-corrected chi connectivity index (χ1v) is 6.84. The van der Waals surface area contributed by atoms with Gasteiger partial charge in [0.1, 0.15) is 11.3 Å². The molecule has 0 spiro atoms. The average Bonchev–Trinajstić information content (AvgIpc) is 2.42. The van der Waals surface area contributed by atoms with Crippen molar-refractivity contribution in [2.45, 2.75) is 6.92 Å². The molecule has 0 bridgehead atoms. The number of hydrogen-bond acceptors (Lipinski definition) is 4. The summed E-state index contributed by atoms with van der Waals surface area (Å²) in [5.41, 5.74) is 0.323. The van der Waals surface area contributed by atoms with Crippen LogP contribution >= 0.6 is 22.6 Å². The third kappa shape index (κ3) is 3.44. The Balaban J connectivity index is 2.30. The monoisotopic (exact) mass is 369 g/mol. The van der Waals surface area contributed by atoms with Crippen LogP contribution in [0.3, 0.4) is 0 Å². The number of rotatable bonds is 4. The molecule has 0 aliphatic rings. The van der Waals surface area contributed by atoms with Gasteiger partial charge >= 0.3 is 5.97 Å². The third-order valence-corrected chi connectivity index (χ3v) is 3.20. The van der Waals surface area contributed by atoms with Gasteiger partial charge in [-0.25, -0.2) is 9.78 Å². The first-order chi connectivity index (χ1) is 9.22. The van der Waals surface area contributed by atoms with Crippen LogP contribution in [0.15, 0.2) is 42.6 Å². The van der Waals surface area contributed by atoms with Crippen LogP contribution in [0.1, 0.15) is 17.3 Å². The summed E-state index contributed by atoms with van der Waals surface area (Å²) in [6.45, 7) is 2.07. The molecule has 19 heavy (non-hydrogen) atoms. The van der Waals surface area contributed by atoms with Crippen molar-refractivity contribution in [3.63, 3.8) is 0 Å². The number of carbonyl (C=O) groups is 1. The van der Waals surface area contributed by atoms with Gasteiger partial charge in [-0.3, -0.25) is 0 Å². The lowest BCUT2D eigenvalue weighted by atomic mass is 10.2. The molecule has 2 rings (SSSR count). The van der Waals surface area contributed by atoms with Gasteiger partial charge in [0.05, 0.1) is 10.2 Å². The van der Waals surface area contributed by atoms with E-state index in [1.807, 2.05) is 24.3 Å². The van der Waals surface area contributed by atoms with Gasteiger partial charge in [0.15, 0.2) is 0 Å². The Labute approximate surface area is 124 Å². The van der Waals surface area contributed by atoms with Gasteiger partial charge in [0.25, 0.3) is 0 Å². The topological polar surface area (TPSA) is 48.4 Å². The summed E-state index contributed by atoms with van der Waals surface area (Å²) in [4.78, 5) is 15.9. The minimum atomic E-state index is -0.434. The maximum absolute atomic E-state index is 11.8. The zero-order valence-corrected chi connectivity index (χ0v) is 12.5. The fourth-order valence-electron chi connectivity index (χ4n) is 1.47. The second kappa shape index (κ2) is 6.51. The van der Waals surface area contributed by atoms with E-state index in [4.69, 9.17) is 9.47 Å². The van der Waals surface area contributed by atoms with Crippen LogP contribution in [0.25, 0.3) is 0 Å². The molecule has 0 aliphatic heterocycles. The average molecular weight is 369 g/mol. The second-order valence-electron chi connectivity index (χ2n) is 3.61. The van der Waals surface area contributed by atoms with Gasteiger partial charge < -0.3 is 9.47 Å². The molecule has 0 saturated carbocycles. The quantitative estimate of drug-likeness (QED) is 0.610. The second-order valence-corrected chi connectivity index (χ2v) is 4.77. The molecule has 0 saturated heterocycles. The molecule has 1 heterocycles. The maximum atomic E-state index is 11.8. The molecule has 4 nitrogen and oxygen atoms in total. The highest BCUT2D eigenvalue weighted by Crippen LogP contribution is 2.27. The number of nitrogens with zero attached hydrogens (tertiary/aromatic N) is 1. The molecular formula is C14H12INO3. The van der Waals surface area contributed by atoms with Crippen molar-refractivity contribution in [2.24, 2.45) is 0 Å². The van der Waals surface area contributed by atoms with Crippen molar-refractivity contribution in [3.8, 4) is 11.6 Å². The van der Waals surface area contributed by atoms with E-state index < -0.39 is 5.97 Å². The normalized spacial score (nSPS) is 10.0. The molecule has 2 aromatic rings. The van der Waals surface area contributed by atoms with Crippen LogP contribution < -0.4 is 4.74 Å². The standard InChI is InChI=1S/C14H12INO3/c1-2-18-14(17)10-6-5-9-16-13(10)19-12-8-4-3-7-11(12)15/h3-9H,2H2,1H3. The molecular weight excluding hydrogens is 357 g/mol. The third-order valence-electron chi connectivity index (χ3n) is 2.31. The minimum Gasteiger partial charge on any atom is -0.462 e. The largest absolute Gasteiger partial charge is 0.462 e. The van der Waals surface area contributed by atoms with Crippen molar-refractivity contribution in [3.05, 3.63) is 51.7 Å². The van der Waals surface area contributed by atoms with Crippen LogP contribution in [0.5, 0.6) is 11.6 Å². The molecule has 0 fully saturated rings. The summed E-state index contributed by atoms with van der Waals surface area (Å²) >= 11 is 2.16. The van der Waals surface area contributed by atoms with Crippen LogP contribution in [-0.4, -0.2) is 17.6 Å². The summed E-state index contributed by atoms with van der Waals surface area (Å²) in [6.07, 6.45) is 1.58. The fraction of sp³-hybridized carbons (Fsp3) is 0.143. The van der Waals surface area contributed by atoms with Gasteiger partial charge in [-0.05, 0) is 53.8 Å². The molecule has 5 heteroatoms. The van der Waals surface area contributed by atoms with E-state index in [1.54, 1.807) is 25.3 Å². The fourth-order valence-corrected chi connectivity index (χ4v) is 1.97. The van der Waals surface area contributed by atoms with Crippen molar-refractivity contribution >= 4 is 28.6 Å². The highest BCUT2D eigenvalue weighted by Gasteiger charge is 2.15. The predicted octanol–water partition coefficient (Wildman–Crippen LogP) is 3.66. The number of benzene rings is 1. The van der Waals surface area contributed by atoms with E-state index >= 15 is 0 Å². The molecule has 0 amide bonds. The van der Waals surface area contributed by atoms with Gasteiger partial charge in [-0.1, -0.05) is 12.1 Å². The van der Waals surface area contributed by atoms with Gasteiger partial charge in [-0.15, -0.1) is 0 Å².